The van der Waals surface area contributed by atoms with E-state index < -0.39 is 0 Å². The molecule has 9 nitrogen and oxygen atoms in total. The maximum Gasteiger partial charge on any atom is 0.256 e. The Morgan fingerprint density at radius 3 is 2.27 bits per heavy atom. The van der Waals surface area contributed by atoms with E-state index in [-0.39, 0.29) is 61.7 Å². The highest BCUT2D eigenvalue weighted by molar-refractivity contribution is 5.96. The molecule has 11 heteroatoms. The number of amides is 3. The highest BCUT2D eigenvalue weighted by atomic mass is 35.5. The van der Waals surface area contributed by atoms with Crippen LogP contribution in [0.25, 0.3) is 0 Å². The van der Waals surface area contributed by atoms with Crippen LogP contribution in [0.1, 0.15) is 42.5 Å². The largest absolute Gasteiger partial charge is 0.376 e. The summed E-state index contributed by atoms with van der Waals surface area (Å²) in [5.41, 5.74) is 6.31. The van der Waals surface area contributed by atoms with Crippen LogP contribution in [-0.4, -0.2) is 79.0 Å². The molecule has 0 saturated carbocycles. The van der Waals surface area contributed by atoms with Crippen LogP contribution in [0.3, 0.4) is 0 Å². The monoisotopic (exact) mass is 592 g/mol. The van der Waals surface area contributed by atoms with Crippen LogP contribution in [0, 0.1) is 6.92 Å². The normalized spacial score (nSPS) is 14.2. The second-order valence-electron chi connectivity index (χ2n) is 10.5. The van der Waals surface area contributed by atoms with Gasteiger partial charge in [0.2, 0.25) is 11.8 Å². The van der Waals surface area contributed by atoms with Crippen molar-refractivity contribution in [1.82, 2.24) is 20.2 Å². The molecule has 4 rings (SSSR count). The smallest absolute Gasteiger partial charge is 0.256 e. The van der Waals surface area contributed by atoms with E-state index in [2.05, 4.69) is 36.6 Å². The lowest BCUT2D eigenvalue weighted by atomic mass is 9.98. The summed E-state index contributed by atoms with van der Waals surface area (Å²) in [6.07, 6.45) is 1.18. The fourth-order valence-electron chi connectivity index (χ4n) is 5.00. The number of hydrazine groups is 1. The minimum atomic E-state index is -0.133. The van der Waals surface area contributed by atoms with Crippen LogP contribution in [0.4, 0.5) is 11.4 Å². The molecule has 40 heavy (non-hydrogen) atoms. The molecule has 0 radical (unpaired) electrons. The number of aryl methyl sites for hydroxylation is 2. The molecular formula is C29H42Cl2N6O3. The van der Waals surface area contributed by atoms with Crippen LogP contribution in [0.2, 0.25) is 0 Å². The van der Waals surface area contributed by atoms with Gasteiger partial charge in [0.15, 0.2) is 0 Å². The van der Waals surface area contributed by atoms with Crippen molar-refractivity contribution in [2.24, 2.45) is 0 Å². The van der Waals surface area contributed by atoms with E-state index in [0.717, 1.165) is 22.5 Å². The molecule has 0 aromatic heterocycles. The molecular weight excluding hydrogens is 551 g/mol. The summed E-state index contributed by atoms with van der Waals surface area (Å²) in [7, 11) is 3.58. The molecule has 2 N–H and O–H groups in total. The molecule has 2 aliphatic rings. The van der Waals surface area contributed by atoms with Gasteiger partial charge in [0.1, 0.15) is 6.54 Å². The molecule has 3 amide bonds. The Kier molecular flexibility index (Phi) is 12.2. The highest BCUT2D eigenvalue weighted by Crippen LogP contribution is 2.32. The lowest BCUT2D eigenvalue weighted by Crippen LogP contribution is -2.49. The fraction of sp³-hybridized carbons (Fsp3) is 0.483. The summed E-state index contributed by atoms with van der Waals surface area (Å²) in [5, 5.41) is 10.3. The zero-order valence-corrected chi connectivity index (χ0v) is 25.7. The van der Waals surface area contributed by atoms with E-state index in [1.807, 2.05) is 36.2 Å². The van der Waals surface area contributed by atoms with Gasteiger partial charge in [0.25, 0.3) is 5.91 Å². The zero-order valence-electron chi connectivity index (χ0n) is 24.0. The highest BCUT2D eigenvalue weighted by Gasteiger charge is 2.27. The van der Waals surface area contributed by atoms with Crippen molar-refractivity contribution in [2.75, 3.05) is 50.5 Å². The number of hydrogen-bond donors (Lipinski definition) is 2. The molecule has 0 unspecified atom stereocenters. The fourth-order valence-corrected chi connectivity index (χ4v) is 5.00. The van der Waals surface area contributed by atoms with Gasteiger partial charge in [0.05, 0.1) is 6.54 Å². The molecule has 0 aliphatic carbocycles. The molecule has 0 bridgehead atoms. The average molecular weight is 594 g/mol. The molecule has 0 spiro atoms. The third-order valence-electron chi connectivity index (χ3n) is 7.42. The van der Waals surface area contributed by atoms with Crippen LogP contribution >= 0.6 is 24.8 Å². The van der Waals surface area contributed by atoms with E-state index in [4.69, 9.17) is 0 Å². The van der Waals surface area contributed by atoms with Crippen molar-refractivity contribution < 1.29 is 14.4 Å². The van der Waals surface area contributed by atoms with Gasteiger partial charge in [-0.2, -0.15) is 0 Å². The van der Waals surface area contributed by atoms with E-state index >= 15 is 0 Å². The molecule has 2 heterocycles. The van der Waals surface area contributed by atoms with Gasteiger partial charge in [-0.3, -0.25) is 19.4 Å². The number of fused-ring (bicyclic) bond motifs is 2. The topological polar surface area (TPSA) is 88.2 Å². The average Bonchev–Trinajstić information content (AvgIpc) is 3.33. The first-order valence-corrected chi connectivity index (χ1v) is 13.4. The molecule has 0 saturated heterocycles. The minimum absolute atomic E-state index is 0. The van der Waals surface area contributed by atoms with Gasteiger partial charge in [-0.1, -0.05) is 38.1 Å². The molecule has 0 atom stereocenters. The number of nitrogens with one attached hydrogen (secondary N) is 2. The summed E-state index contributed by atoms with van der Waals surface area (Å²) in [6.45, 7) is 8.59. The van der Waals surface area contributed by atoms with Crippen LogP contribution in [0.5, 0.6) is 0 Å². The first-order valence-electron chi connectivity index (χ1n) is 13.4. The third kappa shape index (κ3) is 7.87. The van der Waals surface area contributed by atoms with Crippen LogP contribution in [-0.2, 0) is 33.9 Å². The second kappa shape index (κ2) is 14.7. The van der Waals surface area contributed by atoms with Crippen molar-refractivity contribution in [3.63, 3.8) is 0 Å². The molecule has 2 aromatic carbocycles. The summed E-state index contributed by atoms with van der Waals surface area (Å²) in [4.78, 5) is 42.0. The number of rotatable bonds is 10. The summed E-state index contributed by atoms with van der Waals surface area (Å²) < 4.78 is 0. The van der Waals surface area contributed by atoms with Gasteiger partial charge in [-0.05, 0) is 47.7 Å². The van der Waals surface area contributed by atoms with Gasteiger partial charge in [0, 0.05) is 64.1 Å². The summed E-state index contributed by atoms with van der Waals surface area (Å²) in [6, 6.07) is 12.5. The van der Waals surface area contributed by atoms with Crippen molar-refractivity contribution in [2.45, 2.75) is 52.7 Å². The quantitative estimate of drug-likeness (QED) is 0.440. The predicted molar refractivity (Wildman–Crippen MR) is 164 cm³/mol. The SMILES string of the molecule is Cc1cc2c(cc1NCC(=O)N(CCNC(C)C)CC(=O)N(C)N1Cc3ccccc3C1)CCC(=O)N2C.Cl.Cl. The van der Waals surface area contributed by atoms with Crippen LogP contribution < -0.4 is 15.5 Å². The molecule has 2 aliphatic heterocycles. The van der Waals surface area contributed by atoms with Gasteiger partial charge in [-0.25, -0.2) is 5.01 Å². The Morgan fingerprint density at radius 1 is 1.00 bits per heavy atom. The molecule has 2 aromatic rings. The Balaban J connectivity index is 0.00000280. The van der Waals surface area contributed by atoms with Crippen molar-refractivity contribution >= 4 is 53.9 Å². The Morgan fingerprint density at radius 2 is 1.65 bits per heavy atom. The molecule has 220 valence electrons. The van der Waals surface area contributed by atoms with Gasteiger partial charge in [-0.15, -0.1) is 24.8 Å². The Labute approximate surface area is 250 Å². The van der Waals surface area contributed by atoms with E-state index in [0.29, 0.717) is 39.0 Å². The van der Waals surface area contributed by atoms with Gasteiger partial charge >= 0.3 is 0 Å². The molecule has 0 fully saturated rings. The van der Waals surface area contributed by atoms with Crippen molar-refractivity contribution in [1.29, 1.82) is 0 Å². The number of carbonyl (C=O) groups is 3. The summed E-state index contributed by atoms with van der Waals surface area (Å²) in [5.74, 6) is -0.134. The Bertz CT molecular complexity index is 1180. The zero-order chi connectivity index (χ0) is 27.4. The number of anilines is 2. The van der Waals surface area contributed by atoms with Crippen molar-refractivity contribution in [3.05, 3.63) is 58.7 Å². The Hall–Kier alpha value is -2.85. The number of hydrogen-bond acceptors (Lipinski definition) is 6. The number of nitrogens with zero attached hydrogens (tertiary/aromatic N) is 4. The maximum absolute atomic E-state index is 13.3. The third-order valence-corrected chi connectivity index (χ3v) is 7.42. The van der Waals surface area contributed by atoms with Crippen molar-refractivity contribution in [3.8, 4) is 0 Å². The number of likely N-dealkylation sites (N-methyl/N-ethyl adjacent to an activating group) is 1. The first kappa shape index (κ1) is 33.4. The summed E-state index contributed by atoms with van der Waals surface area (Å²) >= 11 is 0. The second-order valence-corrected chi connectivity index (χ2v) is 10.5. The predicted octanol–water partition coefficient (Wildman–Crippen LogP) is 3.38. The van der Waals surface area contributed by atoms with E-state index in [1.54, 1.807) is 28.9 Å². The van der Waals surface area contributed by atoms with Crippen LogP contribution in [0.15, 0.2) is 36.4 Å². The number of carbonyl (C=O) groups excluding carboxylic acids is 3. The lowest BCUT2D eigenvalue weighted by Gasteiger charge is -2.31. The standard InChI is InChI=1S/C29H40N6O3.2ClH/c1-20(2)30-12-13-34(19-29(38)33(5)35-17-23-8-6-7-9-24(23)18-35)28(37)16-31-25-15-22-10-11-27(36)32(4)26(22)14-21(25)3;;/h6-9,14-15,20,30-31H,10-13,16-19H2,1-5H3;2*1H. The minimum Gasteiger partial charge on any atom is -0.376 e. The lowest BCUT2D eigenvalue weighted by molar-refractivity contribution is -0.151. The first-order chi connectivity index (χ1) is 18.1. The van der Waals surface area contributed by atoms with E-state index in [1.165, 1.54) is 11.1 Å². The van der Waals surface area contributed by atoms with E-state index in [9.17, 15) is 14.4 Å². The number of halogens is 2. The maximum atomic E-state index is 13.3. The van der Waals surface area contributed by atoms with Gasteiger partial charge < -0.3 is 20.4 Å². The number of benzene rings is 2.